The lowest BCUT2D eigenvalue weighted by atomic mass is 10.1. The molecule has 44 valence electrons. The van der Waals surface area contributed by atoms with Gasteiger partial charge in [-0.25, -0.2) is 0 Å². The van der Waals surface area contributed by atoms with Crippen LogP contribution < -0.4 is 5.73 Å². The quantitative estimate of drug-likeness (QED) is 0.456. The van der Waals surface area contributed by atoms with Crippen LogP contribution in [0.2, 0.25) is 0 Å². The van der Waals surface area contributed by atoms with Crippen LogP contribution in [0.4, 0.5) is 0 Å². The largest absolute Gasteiger partial charge is 0.327 e. The number of hydrogen-bond donors (Lipinski definition) is 1. The van der Waals surface area contributed by atoms with Gasteiger partial charge in [-0.3, -0.25) is 0 Å². The van der Waals surface area contributed by atoms with Crippen molar-refractivity contribution in [1.82, 2.24) is 0 Å². The molecule has 1 nitrogen and oxygen atoms in total. The third-order valence-corrected chi connectivity index (χ3v) is 1.78. The van der Waals surface area contributed by atoms with E-state index in [2.05, 4.69) is 5.92 Å². The molecule has 0 aromatic heterocycles. The lowest BCUT2D eigenvalue weighted by Gasteiger charge is -2.04. The Morgan fingerprint density at radius 2 is 2.25 bits per heavy atom. The first-order chi connectivity index (χ1) is 3.84. The van der Waals surface area contributed by atoms with Crippen LogP contribution >= 0.6 is 0 Å². The topological polar surface area (TPSA) is 26.0 Å². The summed E-state index contributed by atoms with van der Waals surface area (Å²) in [5.74, 6) is 3.06. The van der Waals surface area contributed by atoms with E-state index < -0.39 is 0 Å². The number of nitrogens with two attached hydrogens (primary N) is 1. The van der Waals surface area contributed by atoms with E-state index in [1.54, 1.807) is 0 Å². The Morgan fingerprint density at radius 1 is 1.50 bits per heavy atom. The molecule has 0 unspecified atom stereocenters. The maximum atomic E-state index is 5.65. The predicted molar refractivity (Wildman–Crippen MR) is 34.1 cm³/mol. The predicted octanol–water partition coefficient (Wildman–Crippen LogP) is 0.747. The molecule has 0 aromatic carbocycles. The van der Waals surface area contributed by atoms with Crippen molar-refractivity contribution in [2.24, 2.45) is 11.7 Å². The summed E-state index contributed by atoms with van der Waals surface area (Å²) in [6.45, 7) is 0. The first-order valence-electron chi connectivity index (χ1n) is 3.06. The van der Waals surface area contributed by atoms with E-state index in [-0.39, 0.29) is 0 Å². The average molecular weight is 109 g/mol. The highest BCUT2D eigenvalue weighted by molar-refractivity contribution is 5.01. The van der Waals surface area contributed by atoms with Crippen molar-refractivity contribution in [3.63, 3.8) is 0 Å². The molecule has 0 heterocycles. The first kappa shape index (κ1) is 5.65. The lowest BCUT2D eigenvalue weighted by Crippen LogP contribution is -2.22. The molecule has 1 heteroatoms. The highest BCUT2D eigenvalue weighted by Gasteiger charge is 2.20. The fourth-order valence-corrected chi connectivity index (χ4v) is 1.20. The van der Waals surface area contributed by atoms with Gasteiger partial charge in [-0.15, -0.1) is 12.3 Å². The first-order valence-corrected chi connectivity index (χ1v) is 3.06. The SMILES string of the molecule is C#C[C@H]1CCC[C@@H]1N. The average Bonchev–Trinajstić information content (AvgIpc) is 2.14. The number of hydrogen-bond acceptors (Lipinski definition) is 1. The Balaban J connectivity index is 2.45. The van der Waals surface area contributed by atoms with Crippen molar-refractivity contribution in [2.75, 3.05) is 0 Å². The fraction of sp³-hybridized carbons (Fsp3) is 0.714. The molecule has 1 rings (SSSR count). The summed E-state index contributed by atoms with van der Waals surface area (Å²) in [6.07, 6.45) is 8.67. The summed E-state index contributed by atoms with van der Waals surface area (Å²) in [4.78, 5) is 0. The summed E-state index contributed by atoms with van der Waals surface area (Å²) in [5.41, 5.74) is 5.65. The van der Waals surface area contributed by atoms with Crippen molar-refractivity contribution in [2.45, 2.75) is 25.3 Å². The third-order valence-electron chi connectivity index (χ3n) is 1.78. The molecule has 0 spiro atoms. The van der Waals surface area contributed by atoms with Crippen LogP contribution in [0, 0.1) is 18.3 Å². The van der Waals surface area contributed by atoms with Crippen molar-refractivity contribution in [1.29, 1.82) is 0 Å². The van der Waals surface area contributed by atoms with Crippen LogP contribution in [0.3, 0.4) is 0 Å². The second-order valence-electron chi connectivity index (χ2n) is 2.37. The van der Waals surface area contributed by atoms with Gasteiger partial charge < -0.3 is 5.73 Å². The van der Waals surface area contributed by atoms with Gasteiger partial charge in [0, 0.05) is 12.0 Å². The fourth-order valence-electron chi connectivity index (χ4n) is 1.20. The molecule has 2 N–H and O–H groups in total. The molecule has 1 saturated carbocycles. The maximum Gasteiger partial charge on any atom is 0.0351 e. The monoisotopic (exact) mass is 109 g/mol. The Morgan fingerprint density at radius 3 is 2.50 bits per heavy atom. The molecule has 0 saturated heterocycles. The van der Waals surface area contributed by atoms with Gasteiger partial charge in [0.2, 0.25) is 0 Å². The molecule has 0 radical (unpaired) electrons. The van der Waals surface area contributed by atoms with Crippen LogP contribution in [-0.4, -0.2) is 6.04 Å². The smallest absolute Gasteiger partial charge is 0.0351 e. The molecule has 0 bridgehead atoms. The van der Waals surface area contributed by atoms with E-state index >= 15 is 0 Å². The van der Waals surface area contributed by atoms with Crippen LogP contribution in [0.15, 0.2) is 0 Å². The van der Waals surface area contributed by atoms with Gasteiger partial charge in [0.05, 0.1) is 0 Å². The second kappa shape index (κ2) is 2.19. The van der Waals surface area contributed by atoms with Crippen LogP contribution in [0.25, 0.3) is 0 Å². The van der Waals surface area contributed by atoms with Crippen molar-refractivity contribution in [3.05, 3.63) is 0 Å². The van der Waals surface area contributed by atoms with Gasteiger partial charge in [-0.2, -0.15) is 0 Å². The second-order valence-corrected chi connectivity index (χ2v) is 2.37. The Kier molecular flexibility index (Phi) is 1.55. The lowest BCUT2D eigenvalue weighted by molar-refractivity contribution is 0.600. The van der Waals surface area contributed by atoms with Gasteiger partial charge in [-0.05, 0) is 12.8 Å². The van der Waals surface area contributed by atoms with Crippen LogP contribution in [0.5, 0.6) is 0 Å². The zero-order valence-electron chi connectivity index (χ0n) is 4.93. The van der Waals surface area contributed by atoms with E-state index in [1.165, 1.54) is 6.42 Å². The zero-order valence-corrected chi connectivity index (χ0v) is 4.93. The van der Waals surface area contributed by atoms with Gasteiger partial charge >= 0.3 is 0 Å². The maximum absolute atomic E-state index is 5.65. The summed E-state index contributed by atoms with van der Waals surface area (Å²) < 4.78 is 0. The van der Waals surface area contributed by atoms with Gasteiger partial charge in [0.1, 0.15) is 0 Å². The van der Waals surface area contributed by atoms with E-state index in [0.29, 0.717) is 12.0 Å². The number of terminal acetylenes is 1. The van der Waals surface area contributed by atoms with Gasteiger partial charge in [0.15, 0.2) is 0 Å². The molecule has 8 heavy (non-hydrogen) atoms. The van der Waals surface area contributed by atoms with E-state index in [9.17, 15) is 0 Å². The van der Waals surface area contributed by atoms with Crippen LogP contribution in [-0.2, 0) is 0 Å². The van der Waals surface area contributed by atoms with Crippen molar-refractivity contribution in [3.8, 4) is 12.3 Å². The van der Waals surface area contributed by atoms with Crippen molar-refractivity contribution >= 4 is 0 Å². The molecule has 1 aliphatic rings. The summed E-state index contributed by atoms with van der Waals surface area (Å²) in [6, 6.07) is 0.292. The summed E-state index contributed by atoms with van der Waals surface area (Å²) in [7, 11) is 0. The minimum absolute atomic E-state index is 0.292. The number of rotatable bonds is 0. The zero-order chi connectivity index (χ0) is 5.98. The van der Waals surface area contributed by atoms with E-state index in [4.69, 9.17) is 12.2 Å². The third kappa shape index (κ3) is 0.850. The Bertz CT molecular complexity index is 112. The molecular formula is C7H11N. The summed E-state index contributed by atoms with van der Waals surface area (Å²) in [5, 5.41) is 0. The van der Waals surface area contributed by atoms with E-state index in [1.807, 2.05) is 0 Å². The molecule has 0 amide bonds. The molecule has 1 aliphatic carbocycles. The minimum atomic E-state index is 0.292. The molecule has 2 atom stereocenters. The Hall–Kier alpha value is -0.480. The highest BCUT2D eigenvalue weighted by atomic mass is 14.7. The highest BCUT2D eigenvalue weighted by Crippen LogP contribution is 2.22. The summed E-state index contributed by atoms with van der Waals surface area (Å²) >= 11 is 0. The van der Waals surface area contributed by atoms with E-state index in [0.717, 1.165) is 12.8 Å². The minimum Gasteiger partial charge on any atom is -0.327 e. The molecule has 0 aromatic rings. The van der Waals surface area contributed by atoms with Gasteiger partial charge in [0.25, 0.3) is 0 Å². The Labute approximate surface area is 50.3 Å². The molecular weight excluding hydrogens is 98.1 g/mol. The van der Waals surface area contributed by atoms with Crippen LogP contribution in [0.1, 0.15) is 19.3 Å². The molecule has 0 aliphatic heterocycles. The normalized spacial score (nSPS) is 37.0. The molecule has 1 fully saturated rings. The standard InChI is InChI=1S/C7H11N/c1-2-6-4-3-5-7(6)8/h1,6-7H,3-5,8H2/t6-,7-/m0/s1. The van der Waals surface area contributed by atoms with Crippen molar-refractivity contribution < 1.29 is 0 Å². The van der Waals surface area contributed by atoms with Gasteiger partial charge in [-0.1, -0.05) is 6.42 Å².